The molecular weight excluding hydrogens is 276 g/mol. The van der Waals surface area contributed by atoms with E-state index in [-0.39, 0.29) is 12.7 Å². The zero-order valence-corrected chi connectivity index (χ0v) is 11.5. The average Bonchev–Trinajstić information content (AvgIpc) is 2.93. The molecule has 104 valence electrons. The smallest absolute Gasteiger partial charge is 0.185 e. The lowest BCUT2D eigenvalue weighted by Crippen LogP contribution is -2.19. The van der Waals surface area contributed by atoms with Crippen LogP contribution in [0.2, 0.25) is 5.02 Å². The lowest BCUT2D eigenvalue weighted by Gasteiger charge is -2.15. The number of hydrogen-bond donors (Lipinski definition) is 1. The van der Waals surface area contributed by atoms with Crippen LogP contribution in [0.4, 0.5) is 0 Å². The van der Waals surface area contributed by atoms with Gasteiger partial charge in [0.05, 0.1) is 6.61 Å². The SMILES string of the molecule is OC[C@H]1OC(c2ccccc2)O[C@H]1c1ccccc1Cl. The molecule has 1 fully saturated rings. The molecule has 1 unspecified atom stereocenters. The standard InChI is InChI=1S/C16H15ClO3/c17-13-9-5-4-8-12(13)15-14(10-18)19-16(20-15)11-6-2-1-3-7-11/h1-9,14-16,18H,10H2/t14-,15+,16?/m1/s1. The molecule has 0 saturated carbocycles. The topological polar surface area (TPSA) is 38.7 Å². The maximum absolute atomic E-state index is 9.51. The molecule has 4 heteroatoms. The summed E-state index contributed by atoms with van der Waals surface area (Å²) in [6.07, 6.45) is -1.26. The van der Waals surface area contributed by atoms with Crippen molar-refractivity contribution in [1.82, 2.24) is 0 Å². The fourth-order valence-corrected chi connectivity index (χ4v) is 2.61. The Morgan fingerprint density at radius 1 is 0.950 bits per heavy atom. The first kappa shape index (κ1) is 13.6. The van der Waals surface area contributed by atoms with Crippen molar-refractivity contribution in [3.8, 4) is 0 Å². The van der Waals surface area contributed by atoms with Crippen LogP contribution in [0.25, 0.3) is 0 Å². The summed E-state index contributed by atoms with van der Waals surface area (Å²) in [4.78, 5) is 0. The molecule has 3 atom stereocenters. The van der Waals surface area contributed by atoms with E-state index in [1.165, 1.54) is 0 Å². The molecule has 0 amide bonds. The van der Waals surface area contributed by atoms with Crippen LogP contribution in [0.3, 0.4) is 0 Å². The lowest BCUT2D eigenvalue weighted by molar-refractivity contribution is -0.0739. The molecule has 0 aromatic heterocycles. The fourth-order valence-electron chi connectivity index (χ4n) is 2.37. The summed E-state index contributed by atoms with van der Waals surface area (Å²) in [5, 5.41) is 10.1. The Kier molecular flexibility index (Phi) is 4.03. The summed E-state index contributed by atoms with van der Waals surface area (Å²) in [7, 11) is 0. The van der Waals surface area contributed by atoms with Crippen molar-refractivity contribution in [1.29, 1.82) is 0 Å². The van der Waals surface area contributed by atoms with Crippen molar-refractivity contribution in [3.63, 3.8) is 0 Å². The van der Waals surface area contributed by atoms with E-state index in [0.29, 0.717) is 5.02 Å². The van der Waals surface area contributed by atoms with Gasteiger partial charge < -0.3 is 14.6 Å². The van der Waals surface area contributed by atoms with Crippen LogP contribution < -0.4 is 0 Å². The van der Waals surface area contributed by atoms with Crippen LogP contribution in [-0.2, 0) is 9.47 Å². The van der Waals surface area contributed by atoms with Crippen molar-refractivity contribution in [2.24, 2.45) is 0 Å². The molecule has 1 N–H and O–H groups in total. The largest absolute Gasteiger partial charge is 0.394 e. The first-order chi connectivity index (χ1) is 9.79. The van der Waals surface area contributed by atoms with Crippen LogP contribution in [0.15, 0.2) is 54.6 Å². The molecule has 1 aliphatic heterocycles. The molecule has 20 heavy (non-hydrogen) atoms. The van der Waals surface area contributed by atoms with Crippen molar-refractivity contribution >= 4 is 11.6 Å². The molecule has 3 rings (SSSR count). The Labute approximate surface area is 122 Å². The number of ether oxygens (including phenoxy) is 2. The summed E-state index contributed by atoms with van der Waals surface area (Å²) in [5.41, 5.74) is 1.77. The molecule has 2 aromatic rings. The van der Waals surface area contributed by atoms with E-state index in [0.717, 1.165) is 11.1 Å². The van der Waals surface area contributed by atoms with Crippen LogP contribution in [-0.4, -0.2) is 17.8 Å². The molecule has 1 saturated heterocycles. The highest BCUT2D eigenvalue weighted by atomic mass is 35.5. The summed E-state index contributed by atoms with van der Waals surface area (Å²) in [5.74, 6) is 0. The highest BCUT2D eigenvalue weighted by molar-refractivity contribution is 6.31. The van der Waals surface area contributed by atoms with Gasteiger partial charge in [0.1, 0.15) is 12.2 Å². The Morgan fingerprint density at radius 2 is 1.65 bits per heavy atom. The Hall–Kier alpha value is -1.39. The van der Waals surface area contributed by atoms with E-state index in [1.54, 1.807) is 0 Å². The van der Waals surface area contributed by atoms with Gasteiger partial charge in [-0.25, -0.2) is 0 Å². The highest BCUT2D eigenvalue weighted by Gasteiger charge is 2.38. The van der Waals surface area contributed by atoms with Crippen LogP contribution in [0, 0.1) is 0 Å². The summed E-state index contributed by atoms with van der Waals surface area (Å²) in [6, 6.07) is 17.1. The predicted octanol–water partition coefficient (Wildman–Crippen LogP) is 3.49. The van der Waals surface area contributed by atoms with Crippen LogP contribution in [0.1, 0.15) is 23.5 Å². The first-order valence-electron chi connectivity index (χ1n) is 6.50. The number of benzene rings is 2. The minimum atomic E-state index is -0.477. The van der Waals surface area contributed by atoms with Crippen LogP contribution in [0.5, 0.6) is 0 Å². The van der Waals surface area contributed by atoms with Gasteiger partial charge in [0, 0.05) is 16.1 Å². The zero-order chi connectivity index (χ0) is 13.9. The van der Waals surface area contributed by atoms with Gasteiger partial charge in [-0.2, -0.15) is 0 Å². The van der Waals surface area contributed by atoms with Crippen LogP contribution >= 0.6 is 11.6 Å². The van der Waals surface area contributed by atoms with Gasteiger partial charge >= 0.3 is 0 Å². The quantitative estimate of drug-likeness (QED) is 0.940. The normalized spacial score (nSPS) is 25.8. The number of hydrogen-bond acceptors (Lipinski definition) is 3. The fraction of sp³-hybridized carbons (Fsp3) is 0.250. The zero-order valence-electron chi connectivity index (χ0n) is 10.8. The number of aliphatic hydroxyl groups is 1. The second-order valence-electron chi connectivity index (χ2n) is 4.68. The second kappa shape index (κ2) is 5.94. The number of halogens is 1. The minimum Gasteiger partial charge on any atom is -0.394 e. The van der Waals surface area contributed by atoms with E-state index >= 15 is 0 Å². The summed E-state index contributed by atoms with van der Waals surface area (Å²) >= 11 is 6.20. The van der Waals surface area contributed by atoms with Gasteiger partial charge in [-0.3, -0.25) is 0 Å². The Morgan fingerprint density at radius 3 is 2.35 bits per heavy atom. The van der Waals surface area contributed by atoms with E-state index in [1.807, 2.05) is 54.6 Å². The van der Waals surface area contributed by atoms with E-state index in [2.05, 4.69) is 0 Å². The van der Waals surface area contributed by atoms with Gasteiger partial charge in [0.2, 0.25) is 0 Å². The van der Waals surface area contributed by atoms with Gasteiger partial charge in [-0.15, -0.1) is 0 Å². The monoisotopic (exact) mass is 290 g/mol. The van der Waals surface area contributed by atoms with Crippen molar-refractivity contribution in [3.05, 3.63) is 70.7 Å². The van der Waals surface area contributed by atoms with Crippen molar-refractivity contribution < 1.29 is 14.6 Å². The predicted molar refractivity (Wildman–Crippen MR) is 76.4 cm³/mol. The molecule has 0 aliphatic carbocycles. The van der Waals surface area contributed by atoms with Gasteiger partial charge in [-0.1, -0.05) is 60.1 Å². The molecular formula is C16H15ClO3. The molecule has 1 heterocycles. The molecule has 3 nitrogen and oxygen atoms in total. The first-order valence-corrected chi connectivity index (χ1v) is 6.88. The molecule has 0 bridgehead atoms. The average molecular weight is 291 g/mol. The molecule has 2 aromatic carbocycles. The maximum atomic E-state index is 9.51. The second-order valence-corrected chi connectivity index (χ2v) is 5.09. The van der Waals surface area contributed by atoms with E-state index in [9.17, 15) is 5.11 Å². The highest BCUT2D eigenvalue weighted by Crippen LogP contribution is 2.41. The third kappa shape index (κ3) is 2.58. The number of aliphatic hydroxyl groups excluding tert-OH is 1. The molecule has 1 aliphatic rings. The molecule has 0 radical (unpaired) electrons. The van der Waals surface area contributed by atoms with Crippen molar-refractivity contribution in [2.75, 3.05) is 6.61 Å². The Balaban J connectivity index is 1.87. The van der Waals surface area contributed by atoms with Gasteiger partial charge in [0.25, 0.3) is 0 Å². The van der Waals surface area contributed by atoms with Crippen molar-refractivity contribution in [2.45, 2.75) is 18.5 Å². The summed E-state index contributed by atoms with van der Waals surface area (Å²) < 4.78 is 11.7. The third-order valence-electron chi connectivity index (χ3n) is 3.37. The Bertz CT molecular complexity index is 573. The number of rotatable bonds is 3. The van der Waals surface area contributed by atoms with E-state index < -0.39 is 12.4 Å². The van der Waals surface area contributed by atoms with Gasteiger partial charge in [0.15, 0.2) is 6.29 Å². The lowest BCUT2D eigenvalue weighted by atomic mass is 10.1. The molecule has 0 spiro atoms. The summed E-state index contributed by atoms with van der Waals surface area (Å²) in [6.45, 7) is -0.112. The van der Waals surface area contributed by atoms with Gasteiger partial charge in [-0.05, 0) is 6.07 Å². The minimum absolute atomic E-state index is 0.112. The van der Waals surface area contributed by atoms with E-state index in [4.69, 9.17) is 21.1 Å². The third-order valence-corrected chi connectivity index (χ3v) is 3.71. The maximum Gasteiger partial charge on any atom is 0.185 e.